The first-order valence-corrected chi connectivity index (χ1v) is 5.85. The van der Waals surface area contributed by atoms with Crippen LogP contribution in [0.4, 0.5) is 0 Å². The van der Waals surface area contributed by atoms with Crippen LogP contribution in [0.3, 0.4) is 0 Å². The smallest absolute Gasteiger partial charge is 0.182 e. The van der Waals surface area contributed by atoms with Crippen LogP contribution in [0.2, 0.25) is 0 Å². The maximum absolute atomic E-state index is 11.7. The van der Waals surface area contributed by atoms with Crippen molar-refractivity contribution in [3.63, 3.8) is 0 Å². The highest BCUT2D eigenvalue weighted by atomic mass is 35.5. The summed E-state index contributed by atoms with van der Waals surface area (Å²) in [6, 6.07) is 8.14. The van der Waals surface area contributed by atoms with Gasteiger partial charge in [0.2, 0.25) is 0 Å². The number of fused-ring (bicyclic) bond motifs is 3. The van der Waals surface area contributed by atoms with E-state index in [2.05, 4.69) is 6.07 Å². The first-order valence-electron chi connectivity index (χ1n) is 5.09. The summed E-state index contributed by atoms with van der Waals surface area (Å²) in [5, 5.41) is 0. The lowest BCUT2D eigenvalue weighted by Crippen LogP contribution is -2.25. The van der Waals surface area contributed by atoms with Gasteiger partial charge in [0.1, 0.15) is 0 Å². The van der Waals surface area contributed by atoms with Crippen molar-refractivity contribution in [2.45, 2.75) is 23.1 Å². The second-order valence-electron chi connectivity index (χ2n) is 4.39. The second-order valence-corrected chi connectivity index (χ2v) is 5.78. The molecule has 0 bridgehead atoms. The van der Waals surface area contributed by atoms with Crippen molar-refractivity contribution in [2.24, 2.45) is 5.92 Å². The van der Waals surface area contributed by atoms with E-state index in [1.54, 1.807) is 0 Å². The quantitative estimate of drug-likeness (QED) is 0.638. The molecule has 2 aliphatic rings. The zero-order chi connectivity index (χ0) is 10.6. The van der Waals surface area contributed by atoms with Crippen LogP contribution in [-0.2, 0) is 11.2 Å². The Hall–Kier alpha value is -0.530. The number of carbonyl (C=O) groups is 1. The van der Waals surface area contributed by atoms with Gasteiger partial charge in [-0.25, -0.2) is 0 Å². The molecule has 0 spiro atoms. The molecule has 0 N–H and O–H groups in total. The first kappa shape index (κ1) is 9.68. The Balaban J connectivity index is 2.14. The van der Waals surface area contributed by atoms with E-state index in [4.69, 9.17) is 23.2 Å². The Labute approximate surface area is 98.4 Å². The average molecular weight is 241 g/mol. The topological polar surface area (TPSA) is 17.1 Å². The molecule has 0 amide bonds. The number of ketones is 1. The summed E-state index contributed by atoms with van der Waals surface area (Å²) in [6.07, 6.45) is 1.46. The number of Topliss-reactive ketones (excluding diaryl/α,β-unsaturated/α-hetero) is 1. The summed E-state index contributed by atoms with van der Waals surface area (Å²) in [5.41, 5.74) is 2.46. The van der Waals surface area contributed by atoms with Crippen LogP contribution < -0.4 is 0 Å². The molecule has 0 aliphatic heterocycles. The molecule has 78 valence electrons. The van der Waals surface area contributed by atoms with Crippen molar-refractivity contribution < 1.29 is 4.79 Å². The van der Waals surface area contributed by atoms with E-state index in [-0.39, 0.29) is 11.7 Å². The van der Waals surface area contributed by atoms with Gasteiger partial charge in [-0.1, -0.05) is 47.5 Å². The third-order valence-electron chi connectivity index (χ3n) is 3.55. The molecule has 1 aromatic carbocycles. The van der Waals surface area contributed by atoms with Gasteiger partial charge in [-0.15, -0.1) is 0 Å². The van der Waals surface area contributed by atoms with Gasteiger partial charge in [0, 0.05) is 12.3 Å². The molecule has 0 saturated heterocycles. The van der Waals surface area contributed by atoms with Crippen LogP contribution in [0.25, 0.3) is 0 Å². The lowest BCUT2D eigenvalue weighted by atomic mass is 9.96. The highest BCUT2D eigenvalue weighted by Crippen LogP contribution is 2.56. The van der Waals surface area contributed by atoms with Crippen molar-refractivity contribution in [1.82, 2.24) is 0 Å². The number of halogens is 2. The molecule has 2 aliphatic carbocycles. The zero-order valence-corrected chi connectivity index (χ0v) is 9.55. The molecule has 15 heavy (non-hydrogen) atoms. The summed E-state index contributed by atoms with van der Waals surface area (Å²) < 4.78 is -1.20. The van der Waals surface area contributed by atoms with Gasteiger partial charge in [0.15, 0.2) is 10.1 Å². The standard InChI is InChI=1S/C12H10Cl2O/c13-12(14)10(15)6-8-5-7-3-1-2-4-9(7)11(8)12/h1-4,8,11H,5-6H2. The molecule has 0 aromatic heterocycles. The van der Waals surface area contributed by atoms with Crippen LogP contribution in [0, 0.1) is 5.92 Å². The minimum Gasteiger partial charge on any atom is -0.296 e. The van der Waals surface area contributed by atoms with Crippen molar-refractivity contribution in [2.75, 3.05) is 0 Å². The van der Waals surface area contributed by atoms with E-state index >= 15 is 0 Å². The summed E-state index contributed by atoms with van der Waals surface area (Å²) in [6.45, 7) is 0. The van der Waals surface area contributed by atoms with Crippen LogP contribution in [0.5, 0.6) is 0 Å². The van der Waals surface area contributed by atoms with Crippen LogP contribution >= 0.6 is 23.2 Å². The molecule has 1 fully saturated rings. The third-order valence-corrected chi connectivity index (χ3v) is 4.45. The van der Waals surface area contributed by atoms with E-state index in [0.29, 0.717) is 12.3 Å². The van der Waals surface area contributed by atoms with E-state index in [9.17, 15) is 4.79 Å². The average Bonchev–Trinajstić information content (AvgIpc) is 2.64. The molecule has 3 rings (SSSR count). The first-order chi connectivity index (χ1) is 7.10. The molecule has 1 saturated carbocycles. The van der Waals surface area contributed by atoms with Gasteiger partial charge in [-0.3, -0.25) is 4.79 Å². The lowest BCUT2D eigenvalue weighted by Gasteiger charge is -2.20. The minimum absolute atomic E-state index is 0.00420. The fraction of sp³-hybridized carbons (Fsp3) is 0.417. The molecule has 0 radical (unpaired) electrons. The SMILES string of the molecule is O=C1CC2Cc3ccccc3C2C1(Cl)Cl. The normalized spacial score (nSPS) is 31.5. The molecule has 0 heterocycles. The summed E-state index contributed by atoms with van der Waals surface area (Å²) >= 11 is 12.3. The number of benzene rings is 1. The predicted molar refractivity (Wildman–Crippen MR) is 60.4 cm³/mol. The van der Waals surface area contributed by atoms with Crippen LogP contribution in [-0.4, -0.2) is 10.1 Å². The molecular weight excluding hydrogens is 231 g/mol. The second kappa shape index (κ2) is 2.99. The maximum Gasteiger partial charge on any atom is 0.182 e. The van der Waals surface area contributed by atoms with Gasteiger partial charge < -0.3 is 0 Å². The van der Waals surface area contributed by atoms with Crippen molar-refractivity contribution in [1.29, 1.82) is 0 Å². The number of hydrogen-bond acceptors (Lipinski definition) is 1. The Morgan fingerprint density at radius 2 is 1.93 bits per heavy atom. The Kier molecular flexibility index (Phi) is 1.93. The van der Waals surface area contributed by atoms with Gasteiger partial charge in [-0.2, -0.15) is 0 Å². The molecule has 1 aromatic rings. The van der Waals surface area contributed by atoms with Crippen LogP contribution in [0.1, 0.15) is 23.5 Å². The van der Waals surface area contributed by atoms with E-state index in [1.165, 1.54) is 11.1 Å². The number of carbonyl (C=O) groups excluding carboxylic acids is 1. The number of hydrogen-bond donors (Lipinski definition) is 0. The lowest BCUT2D eigenvalue weighted by molar-refractivity contribution is -0.118. The number of alkyl halides is 2. The van der Waals surface area contributed by atoms with E-state index in [0.717, 1.165) is 6.42 Å². The fourth-order valence-electron chi connectivity index (χ4n) is 2.91. The van der Waals surface area contributed by atoms with Gasteiger partial charge in [0.05, 0.1) is 0 Å². The molecule has 2 atom stereocenters. The Bertz CT molecular complexity index is 439. The van der Waals surface area contributed by atoms with Gasteiger partial charge >= 0.3 is 0 Å². The van der Waals surface area contributed by atoms with Crippen molar-refractivity contribution in [3.8, 4) is 0 Å². The summed E-state index contributed by atoms with van der Waals surface area (Å²) in [7, 11) is 0. The highest BCUT2D eigenvalue weighted by Gasteiger charge is 2.56. The maximum atomic E-state index is 11.7. The Morgan fingerprint density at radius 3 is 2.73 bits per heavy atom. The molecule has 2 unspecified atom stereocenters. The van der Waals surface area contributed by atoms with Crippen LogP contribution in [0.15, 0.2) is 24.3 Å². The van der Waals surface area contributed by atoms with E-state index < -0.39 is 4.33 Å². The third kappa shape index (κ3) is 1.20. The van der Waals surface area contributed by atoms with Crippen molar-refractivity contribution >= 4 is 29.0 Å². The zero-order valence-electron chi connectivity index (χ0n) is 8.04. The highest BCUT2D eigenvalue weighted by molar-refractivity contribution is 6.59. The largest absolute Gasteiger partial charge is 0.296 e. The molecule has 3 heteroatoms. The Morgan fingerprint density at radius 1 is 1.20 bits per heavy atom. The summed E-state index contributed by atoms with van der Waals surface area (Å²) in [4.78, 5) is 11.7. The summed E-state index contributed by atoms with van der Waals surface area (Å²) in [5.74, 6) is 0.296. The molecule has 1 nitrogen and oxygen atoms in total. The molecular formula is C12H10Cl2O. The van der Waals surface area contributed by atoms with E-state index in [1.807, 2.05) is 18.2 Å². The van der Waals surface area contributed by atoms with Gasteiger partial charge in [0.25, 0.3) is 0 Å². The van der Waals surface area contributed by atoms with Gasteiger partial charge in [-0.05, 0) is 23.5 Å². The van der Waals surface area contributed by atoms with Crippen molar-refractivity contribution in [3.05, 3.63) is 35.4 Å². The number of rotatable bonds is 0. The monoisotopic (exact) mass is 240 g/mol. The predicted octanol–water partition coefficient (Wildman–Crippen LogP) is 3.09. The minimum atomic E-state index is -1.20. The fourth-order valence-corrected chi connectivity index (χ4v) is 3.65.